The Hall–Kier alpha value is -2.15. The maximum atomic E-state index is 11.7. The molecule has 2 aromatic rings. The fourth-order valence-electron chi connectivity index (χ4n) is 1.86. The predicted molar refractivity (Wildman–Crippen MR) is 86.2 cm³/mol. The van der Waals surface area contributed by atoms with E-state index in [4.69, 9.17) is 4.74 Å². The van der Waals surface area contributed by atoms with Crippen LogP contribution in [-0.2, 0) is 13.0 Å². The molecule has 0 saturated heterocycles. The van der Waals surface area contributed by atoms with Crippen LogP contribution in [0.1, 0.15) is 23.2 Å². The Morgan fingerprint density at radius 3 is 3.00 bits per heavy atom. The lowest BCUT2D eigenvalue weighted by molar-refractivity contribution is 0.240. The Bertz CT molecular complexity index is 615. The molecule has 0 bridgehead atoms. The molecule has 0 saturated carbocycles. The minimum Gasteiger partial charge on any atom is -0.478 e. The van der Waals surface area contributed by atoms with E-state index >= 15 is 0 Å². The summed E-state index contributed by atoms with van der Waals surface area (Å²) in [4.78, 5) is 20.2. The van der Waals surface area contributed by atoms with E-state index in [0.717, 1.165) is 22.7 Å². The van der Waals surface area contributed by atoms with E-state index in [1.54, 1.807) is 17.5 Å². The van der Waals surface area contributed by atoms with Crippen LogP contribution in [0.5, 0.6) is 5.88 Å². The van der Waals surface area contributed by atoms with Crippen LogP contribution in [0, 0.1) is 6.92 Å². The molecule has 0 aliphatic carbocycles. The summed E-state index contributed by atoms with van der Waals surface area (Å²) in [6.07, 6.45) is 2.41. The van der Waals surface area contributed by atoms with E-state index in [0.29, 0.717) is 25.6 Å². The van der Waals surface area contributed by atoms with Gasteiger partial charge < -0.3 is 15.4 Å². The lowest BCUT2D eigenvalue weighted by Gasteiger charge is -2.08. The molecule has 0 unspecified atom stereocenters. The largest absolute Gasteiger partial charge is 0.478 e. The van der Waals surface area contributed by atoms with Gasteiger partial charge in [-0.05, 0) is 25.5 Å². The van der Waals surface area contributed by atoms with Crippen molar-refractivity contribution in [3.05, 3.63) is 40.0 Å². The standard InChI is InChI=1S/C15H20N4O2S/c1-3-21-14-8-12(4-6-16-14)9-18-15(20)17-7-5-13-10-22-11(2)19-13/h4,6,8,10H,3,5,7,9H2,1-2H3,(H2,17,18,20). The van der Waals surface area contributed by atoms with Gasteiger partial charge in [-0.2, -0.15) is 0 Å². The minimum atomic E-state index is -0.193. The van der Waals surface area contributed by atoms with Crippen LogP contribution in [0.2, 0.25) is 0 Å². The molecule has 22 heavy (non-hydrogen) atoms. The zero-order valence-electron chi connectivity index (χ0n) is 12.8. The molecule has 0 fully saturated rings. The normalized spacial score (nSPS) is 10.3. The third-order valence-corrected chi connectivity index (χ3v) is 3.70. The van der Waals surface area contributed by atoms with E-state index in [1.807, 2.05) is 31.4 Å². The Balaban J connectivity index is 1.70. The average Bonchev–Trinajstić information content (AvgIpc) is 2.91. The monoisotopic (exact) mass is 320 g/mol. The summed E-state index contributed by atoms with van der Waals surface area (Å²) in [5.74, 6) is 0.570. The van der Waals surface area contributed by atoms with Crippen LogP contribution in [0.25, 0.3) is 0 Å². The molecule has 0 radical (unpaired) electrons. The van der Waals surface area contributed by atoms with E-state index in [-0.39, 0.29) is 6.03 Å². The second-order valence-corrected chi connectivity index (χ2v) is 5.71. The number of aryl methyl sites for hydroxylation is 1. The van der Waals surface area contributed by atoms with Gasteiger partial charge in [0, 0.05) is 37.2 Å². The third kappa shape index (κ3) is 5.33. The topological polar surface area (TPSA) is 76.1 Å². The van der Waals surface area contributed by atoms with Crippen molar-refractivity contribution in [3.8, 4) is 5.88 Å². The zero-order chi connectivity index (χ0) is 15.8. The summed E-state index contributed by atoms with van der Waals surface area (Å²) >= 11 is 1.62. The van der Waals surface area contributed by atoms with Crippen molar-refractivity contribution < 1.29 is 9.53 Å². The number of thiazole rings is 1. The zero-order valence-corrected chi connectivity index (χ0v) is 13.6. The smallest absolute Gasteiger partial charge is 0.315 e. The molecule has 2 aromatic heterocycles. The maximum Gasteiger partial charge on any atom is 0.315 e. The van der Waals surface area contributed by atoms with Gasteiger partial charge >= 0.3 is 6.03 Å². The number of urea groups is 1. The molecule has 0 aromatic carbocycles. The summed E-state index contributed by atoms with van der Waals surface area (Å²) in [5, 5.41) is 8.69. The number of rotatable bonds is 7. The number of carbonyl (C=O) groups is 1. The number of aromatic nitrogens is 2. The van der Waals surface area contributed by atoms with Gasteiger partial charge in [0.15, 0.2) is 0 Å². The second kappa shape index (κ2) is 8.33. The first kappa shape index (κ1) is 16.2. The Labute approximate surface area is 133 Å². The first-order chi connectivity index (χ1) is 10.7. The number of nitrogens with one attached hydrogen (secondary N) is 2. The van der Waals surface area contributed by atoms with Crippen molar-refractivity contribution in [3.63, 3.8) is 0 Å². The highest BCUT2D eigenvalue weighted by atomic mass is 32.1. The maximum absolute atomic E-state index is 11.7. The fourth-order valence-corrected chi connectivity index (χ4v) is 2.51. The number of hydrogen-bond acceptors (Lipinski definition) is 5. The summed E-state index contributed by atoms with van der Waals surface area (Å²) < 4.78 is 5.32. The van der Waals surface area contributed by atoms with Crippen molar-refractivity contribution in [2.75, 3.05) is 13.2 Å². The molecule has 0 spiro atoms. The molecule has 7 heteroatoms. The van der Waals surface area contributed by atoms with Crippen molar-refractivity contribution in [2.45, 2.75) is 26.8 Å². The molecule has 6 nitrogen and oxygen atoms in total. The van der Waals surface area contributed by atoms with Crippen LogP contribution < -0.4 is 15.4 Å². The fraction of sp³-hybridized carbons (Fsp3) is 0.400. The van der Waals surface area contributed by atoms with Crippen molar-refractivity contribution in [2.24, 2.45) is 0 Å². The van der Waals surface area contributed by atoms with Crippen LogP contribution in [0.3, 0.4) is 0 Å². The van der Waals surface area contributed by atoms with Gasteiger partial charge in [0.1, 0.15) is 0 Å². The lowest BCUT2D eigenvalue weighted by atomic mass is 10.2. The molecule has 0 aliphatic rings. The van der Waals surface area contributed by atoms with Gasteiger partial charge in [-0.3, -0.25) is 0 Å². The number of ether oxygens (including phenoxy) is 1. The quantitative estimate of drug-likeness (QED) is 0.820. The third-order valence-electron chi connectivity index (χ3n) is 2.88. The van der Waals surface area contributed by atoms with E-state index in [1.165, 1.54) is 0 Å². The number of pyridine rings is 1. The number of amides is 2. The molecule has 2 rings (SSSR count). The Morgan fingerprint density at radius 2 is 2.27 bits per heavy atom. The van der Waals surface area contributed by atoms with Gasteiger partial charge in [0.25, 0.3) is 0 Å². The highest BCUT2D eigenvalue weighted by molar-refractivity contribution is 7.09. The highest BCUT2D eigenvalue weighted by Crippen LogP contribution is 2.09. The van der Waals surface area contributed by atoms with Crippen molar-refractivity contribution >= 4 is 17.4 Å². The van der Waals surface area contributed by atoms with Crippen LogP contribution in [0.15, 0.2) is 23.7 Å². The molecular formula is C15H20N4O2S. The summed E-state index contributed by atoms with van der Waals surface area (Å²) in [7, 11) is 0. The Morgan fingerprint density at radius 1 is 1.41 bits per heavy atom. The molecule has 0 atom stereocenters. The van der Waals surface area contributed by atoms with E-state index < -0.39 is 0 Å². The number of hydrogen-bond donors (Lipinski definition) is 2. The summed E-state index contributed by atoms with van der Waals surface area (Å²) in [6.45, 7) is 5.45. The van der Waals surface area contributed by atoms with Gasteiger partial charge in [-0.25, -0.2) is 14.8 Å². The first-order valence-corrected chi connectivity index (χ1v) is 8.05. The van der Waals surface area contributed by atoms with Gasteiger partial charge in [-0.1, -0.05) is 0 Å². The molecule has 0 aliphatic heterocycles. The molecular weight excluding hydrogens is 300 g/mol. The van der Waals surface area contributed by atoms with E-state index in [9.17, 15) is 4.79 Å². The van der Waals surface area contributed by atoms with Crippen molar-refractivity contribution in [1.29, 1.82) is 0 Å². The van der Waals surface area contributed by atoms with E-state index in [2.05, 4.69) is 20.6 Å². The van der Waals surface area contributed by atoms with Crippen LogP contribution in [-0.4, -0.2) is 29.2 Å². The molecule has 118 valence electrons. The first-order valence-electron chi connectivity index (χ1n) is 7.18. The van der Waals surface area contributed by atoms with Gasteiger partial charge in [0.2, 0.25) is 5.88 Å². The second-order valence-electron chi connectivity index (χ2n) is 4.65. The number of nitrogens with zero attached hydrogens (tertiary/aromatic N) is 2. The van der Waals surface area contributed by atoms with Gasteiger partial charge in [0.05, 0.1) is 17.3 Å². The SMILES string of the molecule is CCOc1cc(CNC(=O)NCCc2csc(C)n2)ccn1. The molecule has 2 heterocycles. The number of carbonyl (C=O) groups excluding carboxylic acids is 1. The van der Waals surface area contributed by atoms with Crippen molar-refractivity contribution in [1.82, 2.24) is 20.6 Å². The summed E-state index contributed by atoms with van der Waals surface area (Å²) in [6, 6.07) is 3.48. The van der Waals surface area contributed by atoms with Crippen LogP contribution >= 0.6 is 11.3 Å². The van der Waals surface area contributed by atoms with Gasteiger partial charge in [-0.15, -0.1) is 11.3 Å². The average molecular weight is 320 g/mol. The summed E-state index contributed by atoms with van der Waals surface area (Å²) in [5.41, 5.74) is 1.96. The minimum absolute atomic E-state index is 0.193. The highest BCUT2D eigenvalue weighted by Gasteiger charge is 2.03. The van der Waals surface area contributed by atoms with Crippen LogP contribution in [0.4, 0.5) is 4.79 Å². The molecule has 2 amide bonds. The molecule has 2 N–H and O–H groups in total. The Kier molecular flexibility index (Phi) is 6.14. The predicted octanol–water partition coefficient (Wildman–Crippen LogP) is 2.29. The lowest BCUT2D eigenvalue weighted by Crippen LogP contribution is -2.36.